The van der Waals surface area contributed by atoms with Gasteiger partial charge in [-0.05, 0) is 31.0 Å². The predicted molar refractivity (Wildman–Crippen MR) is 106 cm³/mol. The van der Waals surface area contributed by atoms with Crippen LogP contribution in [0.3, 0.4) is 0 Å². The fourth-order valence-electron chi connectivity index (χ4n) is 3.66. The van der Waals surface area contributed by atoms with Crippen LogP contribution in [0.25, 0.3) is 0 Å². The number of imidazole rings is 1. The molecule has 148 valence electrons. The number of aromatic nitrogens is 2. The van der Waals surface area contributed by atoms with Gasteiger partial charge in [0, 0.05) is 51.1 Å². The third kappa shape index (κ3) is 3.80. The van der Waals surface area contributed by atoms with Gasteiger partial charge in [0.1, 0.15) is 11.7 Å². The molecular formula is C19H23N5O3S. The maximum absolute atomic E-state index is 12.7. The SMILES string of the molecule is CN1CCCC1=NS(=O)(=O)c1cccc(NC(=O)C2CCc3nccn3C2)c1. The van der Waals surface area contributed by atoms with Crippen LogP contribution < -0.4 is 5.32 Å². The van der Waals surface area contributed by atoms with Crippen molar-refractivity contribution < 1.29 is 13.2 Å². The van der Waals surface area contributed by atoms with E-state index < -0.39 is 10.0 Å². The van der Waals surface area contributed by atoms with Crippen LogP contribution in [-0.2, 0) is 27.8 Å². The van der Waals surface area contributed by atoms with E-state index in [0.29, 0.717) is 24.5 Å². The molecule has 0 saturated carbocycles. The van der Waals surface area contributed by atoms with Crippen molar-refractivity contribution in [3.05, 3.63) is 42.5 Å². The maximum atomic E-state index is 12.7. The molecule has 1 unspecified atom stereocenters. The summed E-state index contributed by atoms with van der Waals surface area (Å²) in [7, 11) is -1.97. The number of carbonyl (C=O) groups excluding carboxylic acids is 1. The Morgan fingerprint density at radius 3 is 2.96 bits per heavy atom. The normalized spacial score (nSPS) is 21.0. The Morgan fingerprint density at radius 1 is 1.32 bits per heavy atom. The van der Waals surface area contributed by atoms with Gasteiger partial charge in [-0.2, -0.15) is 8.42 Å². The van der Waals surface area contributed by atoms with Crippen LogP contribution in [0.15, 0.2) is 46.0 Å². The quantitative estimate of drug-likeness (QED) is 0.844. The van der Waals surface area contributed by atoms with Gasteiger partial charge in [0.2, 0.25) is 5.91 Å². The van der Waals surface area contributed by atoms with E-state index in [0.717, 1.165) is 31.6 Å². The van der Waals surface area contributed by atoms with Gasteiger partial charge in [-0.15, -0.1) is 4.40 Å². The second-order valence-corrected chi connectivity index (χ2v) is 8.86. The first-order valence-corrected chi connectivity index (χ1v) is 10.8. The van der Waals surface area contributed by atoms with Gasteiger partial charge in [-0.1, -0.05) is 6.07 Å². The molecule has 1 saturated heterocycles. The van der Waals surface area contributed by atoms with Crippen molar-refractivity contribution in [2.75, 3.05) is 18.9 Å². The Kier molecular flexibility index (Phi) is 4.92. The average molecular weight is 401 g/mol. The number of aryl methyl sites for hydroxylation is 1. The summed E-state index contributed by atoms with van der Waals surface area (Å²) in [6, 6.07) is 6.28. The molecule has 0 spiro atoms. The Bertz CT molecular complexity index is 1030. The summed E-state index contributed by atoms with van der Waals surface area (Å²) in [5, 5.41) is 2.85. The monoisotopic (exact) mass is 401 g/mol. The second-order valence-electron chi connectivity index (χ2n) is 7.26. The number of fused-ring (bicyclic) bond motifs is 1. The number of rotatable bonds is 4. The number of benzene rings is 1. The van der Waals surface area contributed by atoms with Crippen molar-refractivity contribution >= 4 is 27.5 Å². The van der Waals surface area contributed by atoms with E-state index in [9.17, 15) is 13.2 Å². The topological polar surface area (TPSA) is 96.7 Å². The Balaban J connectivity index is 1.49. The second kappa shape index (κ2) is 7.38. The lowest BCUT2D eigenvalue weighted by Gasteiger charge is -2.23. The lowest BCUT2D eigenvalue weighted by atomic mass is 9.98. The van der Waals surface area contributed by atoms with Gasteiger partial charge in [-0.25, -0.2) is 4.98 Å². The first-order chi connectivity index (χ1) is 13.4. The van der Waals surface area contributed by atoms with E-state index in [1.807, 2.05) is 22.7 Å². The Labute approximate surface area is 164 Å². The first kappa shape index (κ1) is 18.7. The summed E-state index contributed by atoms with van der Waals surface area (Å²) in [5.74, 6) is 1.28. The van der Waals surface area contributed by atoms with Gasteiger partial charge in [-0.3, -0.25) is 4.79 Å². The predicted octanol–water partition coefficient (Wildman–Crippen LogP) is 1.90. The minimum atomic E-state index is -3.81. The molecule has 1 N–H and O–H groups in total. The minimum absolute atomic E-state index is 0.0821. The minimum Gasteiger partial charge on any atom is -0.362 e. The molecule has 1 aromatic carbocycles. The summed E-state index contributed by atoms with van der Waals surface area (Å²) in [4.78, 5) is 18.9. The molecule has 4 rings (SSSR count). The van der Waals surface area contributed by atoms with E-state index in [1.54, 1.807) is 18.3 Å². The molecule has 1 amide bonds. The van der Waals surface area contributed by atoms with Crippen LogP contribution >= 0.6 is 0 Å². The van der Waals surface area contributed by atoms with Gasteiger partial charge < -0.3 is 14.8 Å². The molecule has 1 aromatic heterocycles. The third-order valence-electron chi connectivity index (χ3n) is 5.27. The number of amidine groups is 1. The molecular weight excluding hydrogens is 378 g/mol. The van der Waals surface area contributed by atoms with Crippen LogP contribution in [0, 0.1) is 5.92 Å². The fourth-order valence-corrected chi connectivity index (χ4v) is 4.80. The van der Waals surface area contributed by atoms with Gasteiger partial charge >= 0.3 is 0 Å². The number of hydrogen-bond acceptors (Lipinski definition) is 4. The van der Waals surface area contributed by atoms with Crippen molar-refractivity contribution in [2.24, 2.45) is 10.3 Å². The molecule has 1 fully saturated rings. The highest BCUT2D eigenvalue weighted by Crippen LogP contribution is 2.23. The van der Waals surface area contributed by atoms with Gasteiger partial charge in [0.25, 0.3) is 10.0 Å². The summed E-state index contributed by atoms with van der Waals surface area (Å²) in [5.41, 5.74) is 0.461. The van der Waals surface area contributed by atoms with E-state index in [1.165, 1.54) is 12.1 Å². The highest BCUT2D eigenvalue weighted by Gasteiger charge is 2.25. The molecule has 9 heteroatoms. The number of amides is 1. The molecule has 3 heterocycles. The number of sulfonamides is 1. The van der Waals surface area contributed by atoms with Crippen LogP contribution in [0.2, 0.25) is 0 Å². The fraction of sp³-hybridized carbons (Fsp3) is 0.421. The van der Waals surface area contributed by atoms with Crippen molar-refractivity contribution in [1.82, 2.24) is 14.5 Å². The zero-order chi connectivity index (χ0) is 19.7. The summed E-state index contributed by atoms with van der Waals surface area (Å²) < 4.78 is 31.3. The van der Waals surface area contributed by atoms with Crippen LogP contribution in [0.1, 0.15) is 25.1 Å². The third-order valence-corrected chi connectivity index (χ3v) is 6.57. The maximum Gasteiger partial charge on any atom is 0.284 e. The number of nitrogens with zero attached hydrogens (tertiary/aromatic N) is 4. The zero-order valence-corrected chi connectivity index (χ0v) is 16.5. The highest BCUT2D eigenvalue weighted by molar-refractivity contribution is 7.90. The van der Waals surface area contributed by atoms with Gasteiger partial charge in [0.05, 0.1) is 10.8 Å². The lowest BCUT2D eigenvalue weighted by Crippen LogP contribution is -2.31. The lowest BCUT2D eigenvalue weighted by molar-refractivity contribution is -0.120. The van der Waals surface area contributed by atoms with E-state index in [4.69, 9.17) is 0 Å². The summed E-state index contributed by atoms with van der Waals surface area (Å²) in [6.45, 7) is 1.39. The Hall–Kier alpha value is -2.68. The van der Waals surface area contributed by atoms with Gasteiger partial charge in [0.15, 0.2) is 0 Å². The molecule has 2 aliphatic heterocycles. The summed E-state index contributed by atoms with van der Waals surface area (Å²) in [6.07, 6.45) is 6.66. The molecule has 1 atom stereocenters. The van der Waals surface area contributed by atoms with Crippen LogP contribution in [-0.4, -0.2) is 48.2 Å². The number of hydrogen-bond donors (Lipinski definition) is 1. The molecule has 2 aliphatic rings. The zero-order valence-electron chi connectivity index (χ0n) is 15.7. The number of nitrogens with one attached hydrogen (secondary N) is 1. The molecule has 0 aliphatic carbocycles. The standard InChI is InChI=1S/C19H23N5O3S/c1-23-10-3-6-18(23)22-28(26,27)16-5-2-4-15(12-16)21-19(25)14-7-8-17-20-9-11-24(17)13-14/h2,4-5,9,11-12,14H,3,6-8,10,13H2,1H3,(H,21,25). The van der Waals surface area contributed by atoms with Crippen LogP contribution in [0.5, 0.6) is 0 Å². The van der Waals surface area contributed by atoms with E-state index in [2.05, 4.69) is 14.7 Å². The number of likely N-dealkylation sites (tertiary alicyclic amines) is 1. The number of anilines is 1. The molecule has 28 heavy (non-hydrogen) atoms. The average Bonchev–Trinajstić information content (AvgIpc) is 3.30. The highest BCUT2D eigenvalue weighted by atomic mass is 32.2. The molecule has 8 nitrogen and oxygen atoms in total. The molecule has 2 aromatic rings. The molecule has 0 bridgehead atoms. The Morgan fingerprint density at radius 2 is 2.18 bits per heavy atom. The summed E-state index contributed by atoms with van der Waals surface area (Å²) >= 11 is 0. The van der Waals surface area contributed by atoms with Crippen molar-refractivity contribution in [3.63, 3.8) is 0 Å². The first-order valence-electron chi connectivity index (χ1n) is 9.38. The smallest absolute Gasteiger partial charge is 0.284 e. The van der Waals surface area contributed by atoms with E-state index in [-0.39, 0.29) is 16.7 Å². The van der Waals surface area contributed by atoms with E-state index >= 15 is 0 Å². The number of carbonyl (C=O) groups is 1. The van der Waals surface area contributed by atoms with Crippen molar-refractivity contribution in [3.8, 4) is 0 Å². The van der Waals surface area contributed by atoms with Crippen molar-refractivity contribution in [2.45, 2.75) is 37.1 Å². The largest absolute Gasteiger partial charge is 0.362 e. The van der Waals surface area contributed by atoms with Crippen LogP contribution in [0.4, 0.5) is 5.69 Å². The molecule has 0 radical (unpaired) electrons. The van der Waals surface area contributed by atoms with Crippen molar-refractivity contribution in [1.29, 1.82) is 0 Å².